The van der Waals surface area contributed by atoms with Crippen molar-refractivity contribution in [1.29, 1.82) is 0 Å². The first-order valence-electron chi connectivity index (χ1n) is 7.35. The number of rotatable bonds is 6. The molecule has 1 aromatic carbocycles. The molecule has 0 amide bonds. The third-order valence-electron chi connectivity index (χ3n) is 3.97. The number of benzene rings is 1. The maximum atomic E-state index is 3.72. The van der Waals surface area contributed by atoms with Gasteiger partial charge in [0, 0.05) is 12.1 Å². The number of nitrogens with one attached hydrogen (secondary N) is 1. The van der Waals surface area contributed by atoms with Crippen molar-refractivity contribution in [3.05, 3.63) is 35.9 Å². The minimum absolute atomic E-state index is 0.462. The van der Waals surface area contributed by atoms with E-state index in [1.54, 1.807) is 0 Å². The van der Waals surface area contributed by atoms with Gasteiger partial charge in [-0.25, -0.2) is 0 Å². The molecule has 1 N–H and O–H groups in total. The van der Waals surface area contributed by atoms with E-state index in [2.05, 4.69) is 54.4 Å². The first kappa shape index (κ1) is 13.6. The minimum atomic E-state index is 0.462. The van der Waals surface area contributed by atoms with Crippen LogP contribution in [0.5, 0.6) is 0 Å². The average Bonchev–Trinajstić information content (AvgIpc) is 2.94. The molecule has 0 bridgehead atoms. The number of hydrogen-bond acceptors (Lipinski definition) is 2. The average molecular weight is 246 g/mol. The van der Waals surface area contributed by atoms with Gasteiger partial charge < -0.3 is 5.32 Å². The molecular weight excluding hydrogens is 220 g/mol. The van der Waals surface area contributed by atoms with Crippen molar-refractivity contribution in [1.82, 2.24) is 10.2 Å². The van der Waals surface area contributed by atoms with Crippen LogP contribution in [0.3, 0.4) is 0 Å². The largest absolute Gasteiger partial charge is 0.309 e. The van der Waals surface area contributed by atoms with E-state index >= 15 is 0 Å². The second kappa shape index (κ2) is 6.91. The molecule has 0 radical (unpaired) electrons. The predicted octanol–water partition coefficient (Wildman–Crippen LogP) is 3.21. The van der Waals surface area contributed by atoms with E-state index in [1.807, 2.05) is 0 Å². The third-order valence-corrected chi connectivity index (χ3v) is 3.97. The van der Waals surface area contributed by atoms with Crippen LogP contribution >= 0.6 is 0 Å². The minimum Gasteiger partial charge on any atom is -0.309 e. The quantitative estimate of drug-likeness (QED) is 0.829. The Kier molecular flexibility index (Phi) is 5.21. The van der Waals surface area contributed by atoms with Gasteiger partial charge in [-0.05, 0) is 51.4 Å². The zero-order valence-corrected chi connectivity index (χ0v) is 11.7. The van der Waals surface area contributed by atoms with E-state index in [0.29, 0.717) is 12.1 Å². The highest BCUT2D eigenvalue weighted by Crippen LogP contribution is 2.24. The molecule has 2 nitrogen and oxygen atoms in total. The first-order chi connectivity index (χ1) is 8.83. The summed E-state index contributed by atoms with van der Waals surface area (Å²) >= 11 is 0. The second-order valence-corrected chi connectivity index (χ2v) is 5.33. The van der Waals surface area contributed by atoms with Gasteiger partial charge in [0.2, 0.25) is 0 Å². The zero-order chi connectivity index (χ0) is 12.8. The molecule has 1 aliphatic heterocycles. The summed E-state index contributed by atoms with van der Waals surface area (Å²) in [5, 5.41) is 3.72. The molecular formula is C16H26N2. The van der Waals surface area contributed by atoms with Gasteiger partial charge in [0.15, 0.2) is 0 Å². The molecule has 2 atom stereocenters. The lowest BCUT2D eigenvalue weighted by Gasteiger charge is -2.32. The number of nitrogens with zero attached hydrogens (tertiary/aromatic N) is 1. The Morgan fingerprint density at radius 2 is 1.83 bits per heavy atom. The standard InChI is InChI=1S/C16H26N2/c1-3-11-17-16(15-9-5-4-6-10-15)14(2)18-12-7-8-13-18/h4-6,9-10,14,16-17H,3,7-8,11-13H2,1-2H3. The molecule has 100 valence electrons. The van der Waals surface area contributed by atoms with Crippen LogP contribution in [0.25, 0.3) is 0 Å². The summed E-state index contributed by atoms with van der Waals surface area (Å²) in [5.74, 6) is 0. The van der Waals surface area contributed by atoms with Crippen LogP contribution in [-0.2, 0) is 0 Å². The Hall–Kier alpha value is -0.860. The summed E-state index contributed by atoms with van der Waals surface area (Å²) in [6.07, 6.45) is 3.91. The van der Waals surface area contributed by atoms with Gasteiger partial charge in [0.05, 0.1) is 0 Å². The summed E-state index contributed by atoms with van der Waals surface area (Å²) in [6.45, 7) is 8.22. The van der Waals surface area contributed by atoms with E-state index in [4.69, 9.17) is 0 Å². The van der Waals surface area contributed by atoms with Gasteiger partial charge in [0.25, 0.3) is 0 Å². The fourth-order valence-corrected chi connectivity index (χ4v) is 2.89. The smallest absolute Gasteiger partial charge is 0.0475 e. The molecule has 1 aliphatic rings. The second-order valence-electron chi connectivity index (χ2n) is 5.33. The highest BCUT2D eigenvalue weighted by Gasteiger charge is 2.26. The molecule has 0 saturated carbocycles. The third kappa shape index (κ3) is 3.33. The summed E-state index contributed by atoms with van der Waals surface area (Å²) in [4.78, 5) is 2.63. The molecule has 18 heavy (non-hydrogen) atoms. The fraction of sp³-hybridized carbons (Fsp3) is 0.625. The molecule has 1 aromatic rings. The molecule has 1 heterocycles. The molecule has 0 aromatic heterocycles. The van der Waals surface area contributed by atoms with Crippen molar-refractivity contribution < 1.29 is 0 Å². The van der Waals surface area contributed by atoms with E-state index in [-0.39, 0.29) is 0 Å². The summed E-state index contributed by atoms with van der Waals surface area (Å²) in [7, 11) is 0. The van der Waals surface area contributed by atoms with Crippen molar-refractivity contribution in [2.75, 3.05) is 19.6 Å². The molecule has 1 fully saturated rings. The summed E-state index contributed by atoms with van der Waals surface area (Å²) in [6, 6.07) is 11.9. The summed E-state index contributed by atoms with van der Waals surface area (Å²) in [5.41, 5.74) is 1.42. The van der Waals surface area contributed by atoms with Crippen LogP contribution in [0.1, 0.15) is 44.7 Å². The van der Waals surface area contributed by atoms with E-state index in [9.17, 15) is 0 Å². The van der Waals surface area contributed by atoms with Crippen molar-refractivity contribution in [3.63, 3.8) is 0 Å². The lowest BCUT2D eigenvalue weighted by Crippen LogP contribution is -2.41. The monoisotopic (exact) mass is 246 g/mol. The van der Waals surface area contributed by atoms with Crippen LogP contribution in [0, 0.1) is 0 Å². The van der Waals surface area contributed by atoms with E-state index in [1.165, 1.54) is 37.9 Å². The van der Waals surface area contributed by atoms with Crippen LogP contribution in [0.4, 0.5) is 0 Å². The van der Waals surface area contributed by atoms with Crippen molar-refractivity contribution in [2.24, 2.45) is 0 Å². The molecule has 0 spiro atoms. The van der Waals surface area contributed by atoms with Gasteiger partial charge in [0.1, 0.15) is 0 Å². The van der Waals surface area contributed by atoms with Crippen LogP contribution in [0.2, 0.25) is 0 Å². The Labute approximate surface area is 111 Å². The topological polar surface area (TPSA) is 15.3 Å². The molecule has 2 rings (SSSR count). The Bertz CT molecular complexity index is 330. The van der Waals surface area contributed by atoms with E-state index < -0.39 is 0 Å². The van der Waals surface area contributed by atoms with Gasteiger partial charge in [-0.15, -0.1) is 0 Å². The summed E-state index contributed by atoms with van der Waals surface area (Å²) < 4.78 is 0. The SMILES string of the molecule is CCCNC(c1ccccc1)C(C)N1CCCC1. The highest BCUT2D eigenvalue weighted by molar-refractivity contribution is 5.20. The highest BCUT2D eigenvalue weighted by atomic mass is 15.2. The van der Waals surface area contributed by atoms with Gasteiger partial charge >= 0.3 is 0 Å². The normalized spacial score (nSPS) is 19.9. The lowest BCUT2D eigenvalue weighted by molar-refractivity contribution is 0.207. The van der Waals surface area contributed by atoms with Crippen molar-refractivity contribution >= 4 is 0 Å². The van der Waals surface area contributed by atoms with Crippen LogP contribution in [-0.4, -0.2) is 30.6 Å². The molecule has 2 heteroatoms. The van der Waals surface area contributed by atoms with Crippen molar-refractivity contribution in [3.8, 4) is 0 Å². The first-order valence-corrected chi connectivity index (χ1v) is 7.35. The molecule has 0 aliphatic carbocycles. The molecule has 2 unspecified atom stereocenters. The Morgan fingerprint density at radius 1 is 1.17 bits per heavy atom. The lowest BCUT2D eigenvalue weighted by atomic mass is 9.99. The van der Waals surface area contributed by atoms with E-state index in [0.717, 1.165) is 6.54 Å². The number of likely N-dealkylation sites (tertiary alicyclic amines) is 1. The fourth-order valence-electron chi connectivity index (χ4n) is 2.89. The Balaban J connectivity index is 2.08. The van der Waals surface area contributed by atoms with Gasteiger partial charge in [-0.1, -0.05) is 37.3 Å². The molecule has 1 saturated heterocycles. The van der Waals surface area contributed by atoms with Crippen LogP contribution < -0.4 is 5.32 Å². The Morgan fingerprint density at radius 3 is 2.44 bits per heavy atom. The predicted molar refractivity (Wildman–Crippen MR) is 77.7 cm³/mol. The van der Waals surface area contributed by atoms with Crippen LogP contribution in [0.15, 0.2) is 30.3 Å². The zero-order valence-electron chi connectivity index (χ0n) is 11.7. The van der Waals surface area contributed by atoms with Gasteiger partial charge in [-0.3, -0.25) is 4.90 Å². The van der Waals surface area contributed by atoms with Crippen molar-refractivity contribution in [2.45, 2.75) is 45.2 Å². The number of hydrogen-bond donors (Lipinski definition) is 1. The maximum Gasteiger partial charge on any atom is 0.0475 e. The maximum absolute atomic E-state index is 3.72. The van der Waals surface area contributed by atoms with Gasteiger partial charge in [-0.2, -0.15) is 0 Å².